The Kier molecular flexibility index (Phi) is 4.17. The number of nitrogens with zero attached hydrogens (tertiary/aromatic N) is 1. The standard InChI is InChI=1S/C19H26N2O2/c1-13-8-9-14(2)16(12-13)21-17(22)10-11-19(21,3)18(23)20-15-6-4-5-7-15/h8-9,12,15H,4-7,10-11H2,1-3H3,(H,20,23). The summed E-state index contributed by atoms with van der Waals surface area (Å²) in [5.74, 6) is 0.0407. The van der Waals surface area contributed by atoms with E-state index in [0.717, 1.165) is 29.7 Å². The monoisotopic (exact) mass is 314 g/mol. The lowest BCUT2D eigenvalue weighted by Crippen LogP contribution is -2.56. The quantitative estimate of drug-likeness (QED) is 0.931. The molecule has 0 spiro atoms. The molecule has 1 heterocycles. The van der Waals surface area contributed by atoms with Crippen LogP contribution in [-0.2, 0) is 9.59 Å². The van der Waals surface area contributed by atoms with Crippen LogP contribution in [0.2, 0.25) is 0 Å². The second-order valence-corrected chi connectivity index (χ2v) is 7.25. The van der Waals surface area contributed by atoms with Crippen molar-refractivity contribution in [2.75, 3.05) is 4.90 Å². The Morgan fingerprint density at radius 2 is 1.96 bits per heavy atom. The van der Waals surface area contributed by atoms with Crippen molar-refractivity contribution in [2.24, 2.45) is 0 Å². The van der Waals surface area contributed by atoms with Gasteiger partial charge in [0.1, 0.15) is 5.54 Å². The van der Waals surface area contributed by atoms with Crippen LogP contribution in [0.3, 0.4) is 0 Å². The lowest BCUT2D eigenvalue weighted by Gasteiger charge is -2.36. The maximum atomic E-state index is 12.9. The molecule has 1 atom stereocenters. The Bertz CT molecular complexity index is 634. The zero-order chi connectivity index (χ0) is 16.6. The number of carbonyl (C=O) groups excluding carboxylic acids is 2. The largest absolute Gasteiger partial charge is 0.351 e. The molecule has 1 unspecified atom stereocenters. The van der Waals surface area contributed by atoms with E-state index in [1.165, 1.54) is 12.8 Å². The van der Waals surface area contributed by atoms with Gasteiger partial charge in [-0.15, -0.1) is 0 Å². The highest BCUT2D eigenvalue weighted by molar-refractivity contribution is 6.07. The van der Waals surface area contributed by atoms with Crippen LogP contribution in [0, 0.1) is 13.8 Å². The van der Waals surface area contributed by atoms with Crippen LogP contribution < -0.4 is 10.2 Å². The SMILES string of the molecule is Cc1ccc(C)c(N2C(=O)CCC2(C)C(=O)NC2CCCC2)c1. The first-order chi connectivity index (χ1) is 10.9. The Morgan fingerprint density at radius 3 is 2.65 bits per heavy atom. The van der Waals surface area contributed by atoms with Gasteiger partial charge in [-0.3, -0.25) is 14.5 Å². The second kappa shape index (κ2) is 5.99. The summed E-state index contributed by atoms with van der Waals surface area (Å²) in [4.78, 5) is 27.2. The number of nitrogens with one attached hydrogen (secondary N) is 1. The molecular weight excluding hydrogens is 288 g/mol. The van der Waals surface area contributed by atoms with Gasteiger partial charge in [-0.05, 0) is 57.2 Å². The summed E-state index contributed by atoms with van der Waals surface area (Å²) in [6.07, 6.45) is 5.49. The van der Waals surface area contributed by atoms with Crippen LogP contribution in [0.4, 0.5) is 5.69 Å². The lowest BCUT2D eigenvalue weighted by atomic mass is 9.95. The fourth-order valence-electron chi connectivity index (χ4n) is 3.84. The van der Waals surface area contributed by atoms with Crippen molar-refractivity contribution in [2.45, 2.75) is 70.9 Å². The van der Waals surface area contributed by atoms with E-state index in [1.54, 1.807) is 4.90 Å². The van der Waals surface area contributed by atoms with Crippen LogP contribution in [-0.4, -0.2) is 23.4 Å². The lowest BCUT2D eigenvalue weighted by molar-refractivity contribution is -0.127. The predicted molar refractivity (Wildman–Crippen MR) is 91.4 cm³/mol. The summed E-state index contributed by atoms with van der Waals surface area (Å²) >= 11 is 0. The Morgan fingerprint density at radius 1 is 1.26 bits per heavy atom. The second-order valence-electron chi connectivity index (χ2n) is 7.25. The molecule has 4 nitrogen and oxygen atoms in total. The molecule has 23 heavy (non-hydrogen) atoms. The number of rotatable bonds is 3. The van der Waals surface area contributed by atoms with Crippen molar-refractivity contribution in [3.8, 4) is 0 Å². The average Bonchev–Trinajstić information content (AvgIpc) is 3.11. The van der Waals surface area contributed by atoms with E-state index in [0.29, 0.717) is 12.8 Å². The Hall–Kier alpha value is -1.84. The molecule has 1 aromatic carbocycles. The van der Waals surface area contributed by atoms with Crippen LogP contribution in [0.1, 0.15) is 56.6 Å². The molecule has 2 aliphatic rings. The number of carbonyl (C=O) groups is 2. The van der Waals surface area contributed by atoms with Gasteiger partial charge in [0.25, 0.3) is 0 Å². The molecule has 1 aliphatic heterocycles. The molecule has 1 saturated carbocycles. The van der Waals surface area contributed by atoms with Gasteiger partial charge in [-0.2, -0.15) is 0 Å². The average molecular weight is 314 g/mol. The zero-order valence-electron chi connectivity index (χ0n) is 14.3. The first-order valence-corrected chi connectivity index (χ1v) is 8.63. The molecule has 2 fully saturated rings. The molecular formula is C19H26N2O2. The minimum Gasteiger partial charge on any atom is -0.351 e. The van der Waals surface area contributed by atoms with E-state index < -0.39 is 5.54 Å². The molecule has 0 aromatic heterocycles. The minimum absolute atomic E-state index is 0.00356. The van der Waals surface area contributed by atoms with Gasteiger partial charge < -0.3 is 5.32 Å². The van der Waals surface area contributed by atoms with E-state index in [-0.39, 0.29) is 17.9 Å². The number of aryl methyl sites for hydroxylation is 2. The van der Waals surface area contributed by atoms with E-state index in [1.807, 2.05) is 39.0 Å². The first-order valence-electron chi connectivity index (χ1n) is 8.63. The van der Waals surface area contributed by atoms with Crippen molar-refractivity contribution >= 4 is 17.5 Å². The van der Waals surface area contributed by atoms with Gasteiger partial charge in [-0.25, -0.2) is 0 Å². The van der Waals surface area contributed by atoms with Gasteiger partial charge in [0.2, 0.25) is 11.8 Å². The topological polar surface area (TPSA) is 49.4 Å². The fourth-order valence-corrected chi connectivity index (χ4v) is 3.84. The maximum absolute atomic E-state index is 12.9. The van der Waals surface area contributed by atoms with Gasteiger partial charge in [0.15, 0.2) is 0 Å². The van der Waals surface area contributed by atoms with Gasteiger partial charge in [0.05, 0.1) is 0 Å². The van der Waals surface area contributed by atoms with Crippen molar-refractivity contribution in [1.82, 2.24) is 5.32 Å². The summed E-state index contributed by atoms with van der Waals surface area (Å²) < 4.78 is 0. The zero-order valence-corrected chi connectivity index (χ0v) is 14.3. The summed E-state index contributed by atoms with van der Waals surface area (Å²) in [5, 5.41) is 3.18. The van der Waals surface area contributed by atoms with E-state index in [9.17, 15) is 9.59 Å². The molecule has 1 aliphatic carbocycles. The van der Waals surface area contributed by atoms with E-state index >= 15 is 0 Å². The highest BCUT2D eigenvalue weighted by Gasteiger charge is 2.49. The number of amides is 2. The number of anilines is 1. The van der Waals surface area contributed by atoms with Crippen LogP contribution >= 0.6 is 0 Å². The van der Waals surface area contributed by atoms with Crippen LogP contribution in [0.5, 0.6) is 0 Å². The molecule has 1 N–H and O–H groups in total. The smallest absolute Gasteiger partial charge is 0.246 e. The Balaban J connectivity index is 1.91. The third-order valence-electron chi connectivity index (χ3n) is 5.35. The maximum Gasteiger partial charge on any atom is 0.246 e. The highest BCUT2D eigenvalue weighted by Crippen LogP contribution is 2.37. The molecule has 124 valence electrons. The molecule has 3 rings (SSSR count). The van der Waals surface area contributed by atoms with Crippen LogP contribution in [0.25, 0.3) is 0 Å². The molecule has 0 radical (unpaired) electrons. The normalized spacial score (nSPS) is 25.2. The summed E-state index contributed by atoms with van der Waals surface area (Å²) in [7, 11) is 0. The minimum atomic E-state index is -0.780. The fraction of sp³-hybridized carbons (Fsp3) is 0.579. The highest BCUT2D eigenvalue weighted by atomic mass is 16.2. The van der Waals surface area contributed by atoms with Crippen molar-refractivity contribution in [3.05, 3.63) is 29.3 Å². The first kappa shape index (κ1) is 16.0. The molecule has 1 aromatic rings. The summed E-state index contributed by atoms with van der Waals surface area (Å²) in [6, 6.07) is 6.34. The van der Waals surface area contributed by atoms with Crippen molar-refractivity contribution < 1.29 is 9.59 Å². The molecule has 1 saturated heterocycles. The number of hydrogen-bond acceptors (Lipinski definition) is 2. The third-order valence-corrected chi connectivity index (χ3v) is 5.35. The van der Waals surface area contributed by atoms with Crippen LogP contribution in [0.15, 0.2) is 18.2 Å². The summed E-state index contributed by atoms with van der Waals surface area (Å²) in [5.41, 5.74) is 2.23. The summed E-state index contributed by atoms with van der Waals surface area (Å²) in [6.45, 7) is 5.92. The predicted octanol–water partition coefficient (Wildman–Crippen LogP) is 3.25. The van der Waals surface area contributed by atoms with Crippen molar-refractivity contribution in [3.63, 3.8) is 0 Å². The molecule has 2 amide bonds. The van der Waals surface area contributed by atoms with Gasteiger partial charge in [-0.1, -0.05) is 25.0 Å². The van der Waals surface area contributed by atoms with E-state index in [4.69, 9.17) is 0 Å². The number of benzene rings is 1. The Labute approximate surface area is 138 Å². The molecule has 0 bridgehead atoms. The third kappa shape index (κ3) is 2.87. The van der Waals surface area contributed by atoms with E-state index in [2.05, 4.69) is 5.32 Å². The van der Waals surface area contributed by atoms with Gasteiger partial charge >= 0.3 is 0 Å². The van der Waals surface area contributed by atoms with Gasteiger partial charge in [0, 0.05) is 18.2 Å². The number of hydrogen-bond donors (Lipinski definition) is 1. The molecule has 4 heteroatoms. The van der Waals surface area contributed by atoms with Crippen molar-refractivity contribution in [1.29, 1.82) is 0 Å².